The maximum Gasteiger partial charge on any atom is 0.348 e. The van der Waals surface area contributed by atoms with Crippen LogP contribution in [0.5, 0.6) is 5.75 Å². The van der Waals surface area contributed by atoms with Gasteiger partial charge in [0.1, 0.15) is 5.57 Å². The fraction of sp³-hybridized carbons (Fsp3) is 0.412. The Morgan fingerprint density at radius 2 is 1.87 bits per heavy atom. The number of unbranched alkanes of at least 4 members (excludes halogenated alkanes) is 1. The molecule has 23 heavy (non-hydrogen) atoms. The molecule has 0 unspecified atom stereocenters. The van der Waals surface area contributed by atoms with Crippen molar-refractivity contribution in [1.29, 1.82) is 0 Å². The second-order valence-electron chi connectivity index (χ2n) is 5.63. The molecule has 1 aromatic carbocycles. The van der Waals surface area contributed by atoms with Crippen LogP contribution >= 0.6 is 0 Å². The number of esters is 2. The zero-order valence-corrected chi connectivity index (χ0v) is 13.3. The SMILES string of the molecule is CCCCOc1ccc(C=C2C(=O)OC(C)(C)OC2=O)cc1F. The van der Waals surface area contributed by atoms with Gasteiger partial charge in [0, 0.05) is 13.8 Å². The first-order valence-electron chi connectivity index (χ1n) is 7.43. The number of hydrogen-bond acceptors (Lipinski definition) is 5. The quantitative estimate of drug-likeness (QED) is 0.360. The molecule has 0 saturated carbocycles. The molecule has 1 saturated heterocycles. The highest BCUT2D eigenvalue weighted by Crippen LogP contribution is 2.25. The smallest absolute Gasteiger partial charge is 0.348 e. The van der Waals surface area contributed by atoms with E-state index >= 15 is 0 Å². The molecule has 0 aromatic heterocycles. The number of carbonyl (C=O) groups is 2. The van der Waals surface area contributed by atoms with E-state index in [0.717, 1.165) is 12.8 Å². The number of benzene rings is 1. The van der Waals surface area contributed by atoms with Gasteiger partial charge in [0.2, 0.25) is 0 Å². The van der Waals surface area contributed by atoms with Crippen LogP contribution in [0.25, 0.3) is 6.08 Å². The van der Waals surface area contributed by atoms with Gasteiger partial charge in [0.25, 0.3) is 5.79 Å². The van der Waals surface area contributed by atoms with E-state index in [9.17, 15) is 14.0 Å². The molecule has 2 rings (SSSR count). The third-order valence-electron chi connectivity index (χ3n) is 3.14. The average molecular weight is 322 g/mol. The van der Waals surface area contributed by atoms with Crippen LogP contribution < -0.4 is 4.74 Å². The van der Waals surface area contributed by atoms with Crippen molar-refractivity contribution in [3.05, 3.63) is 35.2 Å². The first-order chi connectivity index (χ1) is 10.8. The van der Waals surface area contributed by atoms with Crippen molar-refractivity contribution in [3.8, 4) is 5.75 Å². The van der Waals surface area contributed by atoms with E-state index in [-0.39, 0.29) is 11.3 Å². The van der Waals surface area contributed by atoms with Gasteiger partial charge in [0.05, 0.1) is 6.61 Å². The lowest BCUT2D eigenvalue weighted by Gasteiger charge is -2.29. The molecule has 0 atom stereocenters. The van der Waals surface area contributed by atoms with Gasteiger partial charge in [-0.15, -0.1) is 0 Å². The Labute approximate surface area is 134 Å². The van der Waals surface area contributed by atoms with Gasteiger partial charge in [-0.3, -0.25) is 0 Å². The minimum Gasteiger partial charge on any atom is -0.491 e. The van der Waals surface area contributed by atoms with Crippen LogP contribution in [0.4, 0.5) is 4.39 Å². The van der Waals surface area contributed by atoms with Crippen LogP contribution in [0.2, 0.25) is 0 Å². The maximum absolute atomic E-state index is 14.0. The Hall–Kier alpha value is -2.37. The lowest BCUT2D eigenvalue weighted by Crippen LogP contribution is -2.41. The predicted octanol–water partition coefficient (Wildman–Crippen LogP) is 3.22. The zero-order valence-electron chi connectivity index (χ0n) is 13.3. The molecule has 1 aliphatic rings. The lowest BCUT2D eigenvalue weighted by molar-refractivity contribution is -0.222. The summed E-state index contributed by atoms with van der Waals surface area (Å²) in [6.45, 7) is 5.36. The maximum atomic E-state index is 14.0. The summed E-state index contributed by atoms with van der Waals surface area (Å²) in [5, 5.41) is 0. The van der Waals surface area contributed by atoms with Crippen molar-refractivity contribution in [2.24, 2.45) is 0 Å². The molecule has 124 valence electrons. The monoisotopic (exact) mass is 322 g/mol. The van der Waals surface area contributed by atoms with Crippen LogP contribution in [0.15, 0.2) is 23.8 Å². The third kappa shape index (κ3) is 4.31. The fourth-order valence-electron chi connectivity index (χ4n) is 2.00. The summed E-state index contributed by atoms with van der Waals surface area (Å²) in [4.78, 5) is 23.7. The first kappa shape index (κ1) is 17.0. The molecule has 1 aromatic rings. The highest BCUT2D eigenvalue weighted by molar-refractivity contribution is 6.18. The summed E-state index contributed by atoms with van der Waals surface area (Å²) in [6.07, 6.45) is 3.02. The van der Waals surface area contributed by atoms with Crippen LogP contribution in [-0.4, -0.2) is 24.3 Å². The van der Waals surface area contributed by atoms with Crippen LogP contribution in [-0.2, 0) is 19.1 Å². The topological polar surface area (TPSA) is 61.8 Å². The molecular formula is C17H19FO5. The molecule has 5 nitrogen and oxygen atoms in total. The van der Waals surface area contributed by atoms with E-state index < -0.39 is 23.5 Å². The molecule has 1 aliphatic heterocycles. The summed E-state index contributed by atoms with van der Waals surface area (Å²) in [5.41, 5.74) is 0.0670. The highest BCUT2D eigenvalue weighted by Gasteiger charge is 2.38. The van der Waals surface area contributed by atoms with Gasteiger partial charge in [-0.05, 0) is 30.2 Å². The van der Waals surface area contributed by atoms with Gasteiger partial charge in [-0.25, -0.2) is 14.0 Å². The molecule has 0 N–H and O–H groups in total. The minimum atomic E-state index is -1.30. The lowest BCUT2D eigenvalue weighted by atomic mass is 10.1. The van der Waals surface area contributed by atoms with E-state index in [0.29, 0.717) is 12.2 Å². The van der Waals surface area contributed by atoms with Gasteiger partial charge in [-0.2, -0.15) is 0 Å². The van der Waals surface area contributed by atoms with Crippen molar-refractivity contribution in [3.63, 3.8) is 0 Å². The van der Waals surface area contributed by atoms with Gasteiger partial charge in [0.15, 0.2) is 11.6 Å². The van der Waals surface area contributed by atoms with Crippen molar-refractivity contribution in [2.75, 3.05) is 6.61 Å². The Bertz CT molecular complexity index is 626. The number of rotatable bonds is 5. The summed E-state index contributed by atoms with van der Waals surface area (Å²) in [7, 11) is 0. The molecular weight excluding hydrogens is 303 g/mol. The highest BCUT2D eigenvalue weighted by atomic mass is 19.1. The second-order valence-corrected chi connectivity index (χ2v) is 5.63. The van der Waals surface area contributed by atoms with Crippen LogP contribution in [0, 0.1) is 5.82 Å². The second kappa shape index (κ2) is 6.81. The fourth-order valence-corrected chi connectivity index (χ4v) is 2.00. The molecule has 0 amide bonds. The number of hydrogen-bond donors (Lipinski definition) is 0. The predicted molar refractivity (Wildman–Crippen MR) is 81.0 cm³/mol. The summed E-state index contributed by atoms with van der Waals surface area (Å²) < 4.78 is 29.2. The Balaban J connectivity index is 2.18. The Morgan fingerprint density at radius 3 is 2.43 bits per heavy atom. The van der Waals surface area contributed by atoms with Crippen LogP contribution in [0.3, 0.4) is 0 Å². The Morgan fingerprint density at radius 1 is 1.22 bits per heavy atom. The summed E-state index contributed by atoms with van der Waals surface area (Å²) in [5.74, 6) is -3.32. The van der Waals surface area contributed by atoms with Gasteiger partial charge >= 0.3 is 11.9 Å². The van der Waals surface area contributed by atoms with Crippen molar-refractivity contribution in [1.82, 2.24) is 0 Å². The van der Waals surface area contributed by atoms with Crippen molar-refractivity contribution in [2.45, 2.75) is 39.4 Å². The third-order valence-corrected chi connectivity index (χ3v) is 3.14. The van der Waals surface area contributed by atoms with Gasteiger partial charge in [-0.1, -0.05) is 19.4 Å². The average Bonchev–Trinajstić information content (AvgIpc) is 2.44. The normalized spacial score (nSPS) is 16.6. The van der Waals surface area contributed by atoms with Crippen molar-refractivity contribution < 1.29 is 28.2 Å². The molecule has 6 heteroatoms. The van der Waals surface area contributed by atoms with Crippen molar-refractivity contribution >= 4 is 18.0 Å². The molecule has 0 aliphatic carbocycles. The van der Waals surface area contributed by atoms with Gasteiger partial charge < -0.3 is 14.2 Å². The zero-order chi connectivity index (χ0) is 17.0. The van der Waals surface area contributed by atoms with E-state index in [2.05, 4.69) is 0 Å². The first-order valence-corrected chi connectivity index (χ1v) is 7.43. The minimum absolute atomic E-state index is 0.135. The standard InChI is InChI=1S/C17H19FO5/c1-4-5-8-21-14-7-6-11(10-13(14)18)9-12-15(19)22-17(2,3)23-16(12)20/h6-7,9-10H,4-5,8H2,1-3H3. The molecule has 0 spiro atoms. The van der Waals surface area contributed by atoms with E-state index in [4.69, 9.17) is 14.2 Å². The number of cyclic esters (lactones) is 2. The van der Waals surface area contributed by atoms with E-state index in [1.807, 2.05) is 6.92 Å². The summed E-state index contributed by atoms with van der Waals surface area (Å²) in [6, 6.07) is 4.20. The molecule has 1 fully saturated rings. The Kier molecular flexibility index (Phi) is 5.03. The summed E-state index contributed by atoms with van der Waals surface area (Å²) >= 11 is 0. The number of carbonyl (C=O) groups excluding carboxylic acids is 2. The molecule has 0 bridgehead atoms. The molecule has 1 heterocycles. The number of halogens is 1. The largest absolute Gasteiger partial charge is 0.491 e. The van der Waals surface area contributed by atoms with E-state index in [1.54, 1.807) is 6.07 Å². The number of ether oxygens (including phenoxy) is 3. The van der Waals surface area contributed by atoms with E-state index in [1.165, 1.54) is 32.1 Å². The molecule has 0 radical (unpaired) electrons. The van der Waals surface area contributed by atoms with Crippen LogP contribution in [0.1, 0.15) is 39.2 Å².